The van der Waals surface area contributed by atoms with E-state index < -0.39 is 28.5 Å². The summed E-state index contributed by atoms with van der Waals surface area (Å²) < 4.78 is 25.9. The average molecular weight is 480 g/mol. The molecule has 0 aliphatic heterocycles. The van der Waals surface area contributed by atoms with Gasteiger partial charge in [-0.2, -0.15) is 0 Å². The second-order valence-electron chi connectivity index (χ2n) is 7.71. The molecule has 0 unspecified atom stereocenters. The Hall–Kier alpha value is -2.58. The van der Waals surface area contributed by atoms with Gasteiger partial charge in [0.1, 0.15) is 12.6 Å². The Kier molecular flexibility index (Phi) is 9.09. The van der Waals surface area contributed by atoms with Gasteiger partial charge in [0.15, 0.2) is 0 Å². The van der Waals surface area contributed by atoms with Crippen LogP contribution in [0.5, 0.6) is 0 Å². The topological polar surface area (TPSA) is 86.8 Å². The first-order valence-corrected chi connectivity index (χ1v) is 12.6. The fourth-order valence-electron chi connectivity index (χ4n) is 3.07. The van der Waals surface area contributed by atoms with Crippen LogP contribution in [0.25, 0.3) is 0 Å². The molecule has 0 spiro atoms. The van der Waals surface area contributed by atoms with E-state index in [2.05, 4.69) is 5.32 Å². The number of nitrogens with zero attached hydrogens (tertiary/aromatic N) is 2. The summed E-state index contributed by atoms with van der Waals surface area (Å²) in [7, 11) is -3.74. The maximum absolute atomic E-state index is 13.4. The Morgan fingerprint density at radius 2 is 1.62 bits per heavy atom. The number of para-hydroxylation sites is 1. The molecule has 2 atom stereocenters. The highest BCUT2D eigenvalue weighted by Crippen LogP contribution is 2.21. The summed E-state index contributed by atoms with van der Waals surface area (Å²) >= 11 is 6.29. The molecule has 0 aromatic heterocycles. The van der Waals surface area contributed by atoms with E-state index in [0.29, 0.717) is 16.3 Å². The summed E-state index contributed by atoms with van der Waals surface area (Å²) in [6, 6.07) is 14.5. The Balaban J connectivity index is 2.37. The molecular weight excluding hydrogens is 450 g/mol. The molecule has 0 fully saturated rings. The number of amides is 2. The van der Waals surface area contributed by atoms with Crippen LogP contribution in [0, 0.1) is 0 Å². The molecule has 2 aromatic rings. The smallest absolute Gasteiger partial charge is 0.244 e. The normalized spacial score (nSPS) is 13.2. The summed E-state index contributed by atoms with van der Waals surface area (Å²) in [6.07, 6.45) is 1.79. The van der Waals surface area contributed by atoms with Crippen molar-refractivity contribution in [2.75, 3.05) is 17.1 Å². The van der Waals surface area contributed by atoms with E-state index in [4.69, 9.17) is 11.6 Å². The highest BCUT2D eigenvalue weighted by atomic mass is 35.5. The number of hydrogen-bond donors (Lipinski definition) is 1. The Morgan fingerprint density at radius 1 is 1.03 bits per heavy atom. The molecule has 2 aromatic carbocycles. The van der Waals surface area contributed by atoms with E-state index >= 15 is 0 Å². The van der Waals surface area contributed by atoms with Crippen molar-refractivity contribution in [1.29, 1.82) is 0 Å². The second kappa shape index (κ2) is 11.3. The minimum atomic E-state index is -3.74. The fourth-order valence-corrected chi connectivity index (χ4v) is 4.11. The van der Waals surface area contributed by atoms with Crippen LogP contribution in [0.2, 0.25) is 5.02 Å². The van der Waals surface area contributed by atoms with Crippen molar-refractivity contribution in [3.63, 3.8) is 0 Å². The lowest BCUT2D eigenvalue weighted by atomic mass is 10.1. The lowest BCUT2D eigenvalue weighted by Gasteiger charge is -2.32. The van der Waals surface area contributed by atoms with E-state index in [-0.39, 0.29) is 18.5 Å². The van der Waals surface area contributed by atoms with Gasteiger partial charge in [0, 0.05) is 17.6 Å². The number of sulfonamides is 1. The van der Waals surface area contributed by atoms with Crippen LogP contribution in [-0.4, -0.2) is 50.0 Å². The Bertz CT molecular complexity index is 1030. The highest BCUT2D eigenvalue weighted by Gasteiger charge is 2.30. The lowest BCUT2D eigenvalue weighted by Crippen LogP contribution is -2.52. The van der Waals surface area contributed by atoms with Crippen molar-refractivity contribution in [2.24, 2.45) is 0 Å². The lowest BCUT2D eigenvalue weighted by molar-refractivity contribution is -0.139. The summed E-state index contributed by atoms with van der Waals surface area (Å²) in [5, 5.41) is 3.34. The predicted molar refractivity (Wildman–Crippen MR) is 128 cm³/mol. The fraction of sp³-hybridized carbons (Fsp3) is 0.391. The maximum atomic E-state index is 13.4. The molecule has 2 amide bonds. The van der Waals surface area contributed by atoms with E-state index in [9.17, 15) is 18.0 Å². The quantitative estimate of drug-likeness (QED) is 0.565. The molecule has 1 N–H and O–H groups in total. The number of rotatable bonds is 10. The van der Waals surface area contributed by atoms with Crippen molar-refractivity contribution in [3.05, 3.63) is 65.2 Å². The Morgan fingerprint density at radius 3 is 2.19 bits per heavy atom. The van der Waals surface area contributed by atoms with Crippen LogP contribution < -0.4 is 9.62 Å². The summed E-state index contributed by atoms with van der Waals surface area (Å²) in [5.41, 5.74) is 1.04. The van der Waals surface area contributed by atoms with Crippen molar-refractivity contribution in [3.8, 4) is 0 Å². The molecule has 174 valence electrons. The van der Waals surface area contributed by atoms with Gasteiger partial charge in [-0.3, -0.25) is 13.9 Å². The summed E-state index contributed by atoms with van der Waals surface area (Å²) in [6.45, 7) is 5.09. The Labute approximate surface area is 195 Å². The van der Waals surface area contributed by atoms with Crippen LogP contribution in [0.3, 0.4) is 0 Å². The van der Waals surface area contributed by atoms with Crippen molar-refractivity contribution in [1.82, 2.24) is 10.2 Å². The predicted octanol–water partition coefficient (Wildman–Crippen LogP) is 3.44. The highest BCUT2D eigenvalue weighted by molar-refractivity contribution is 7.92. The van der Waals surface area contributed by atoms with Crippen LogP contribution in [0.15, 0.2) is 54.6 Å². The molecule has 32 heavy (non-hydrogen) atoms. The molecule has 7 nitrogen and oxygen atoms in total. The van der Waals surface area contributed by atoms with Crippen molar-refractivity contribution >= 4 is 39.1 Å². The molecule has 0 bridgehead atoms. The van der Waals surface area contributed by atoms with Gasteiger partial charge in [-0.15, -0.1) is 0 Å². The van der Waals surface area contributed by atoms with Gasteiger partial charge >= 0.3 is 0 Å². The van der Waals surface area contributed by atoms with Gasteiger partial charge < -0.3 is 10.2 Å². The third kappa shape index (κ3) is 6.97. The first-order chi connectivity index (χ1) is 15.0. The molecule has 0 aliphatic rings. The minimum Gasteiger partial charge on any atom is -0.352 e. The molecular formula is C23H30ClN3O4S. The number of carbonyl (C=O) groups is 2. The average Bonchev–Trinajstić information content (AvgIpc) is 2.75. The van der Waals surface area contributed by atoms with Crippen molar-refractivity contribution < 1.29 is 18.0 Å². The number of nitrogens with one attached hydrogen (secondary N) is 1. The zero-order valence-electron chi connectivity index (χ0n) is 18.8. The largest absolute Gasteiger partial charge is 0.352 e. The third-order valence-corrected chi connectivity index (χ3v) is 6.70. The molecule has 0 aliphatic carbocycles. The minimum absolute atomic E-state index is 0.0564. The van der Waals surface area contributed by atoms with Crippen molar-refractivity contribution in [2.45, 2.75) is 45.8 Å². The van der Waals surface area contributed by atoms with Gasteiger partial charge in [-0.05, 0) is 44.0 Å². The van der Waals surface area contributed by atoms with Crippen LogP contribution >= 0.6 is 11.6 Å². The number of carbonyl (C=O) groups excluding carboxylic acids is 2. The molecule has 0 heterocycles. The molecule has 2 rings (SSSR count). The second-order valence-corrected chi connectivity index (χ2v) is 10.0. The molecule has 0 radical (unpaired) electrons. The number of halogens is 1. The standard InChI is InChI=1S/C23H30ClN3O4S/c1-5-17(2)25-23(29)18(3)26(15-19-11-9-10-14-21(19)24)22(28)16-27(32(4,30)31)20-12-7-6-8-13-20/h6-14,17-18H,5,15-16H2,1-4H3,(H,25,29)/t17-,18+/m0/s1. The van der Waals surface area contributed by atoms with Crippen LogP contribution in [0.4, 0.5) is 5.69 Å². The third-order valence-electron chi connectivity index (χ3n) is 5.19. The SMILES string of the molecule is CC[C@H](C)NC(=O)[C@@H](C)N(Cc1ccccc1Cl)C(=O)CN(c1ccccc1)S(C)(=O)=O. The van der Waals surface area contributed by atoms with E-state index in [1.54, 1.807) is 61.5 Å². The molecule has 9 heteroatoms. The monoisotopic (exact) mass is 479 g/mol. The van der Waals surface area contributed by atoms with Gasteiger partial charge in [0.05, 0.1) is 11.9 Å². The van der Waals surface area contributed by atoms with E-state index in [1.807, 2.05) is 13.8 Å². The van der Waals surface area contributed by atoms with Crippen LogP contribution in [0.1, 0.15) is 32.8 Å². The van der Waals surface area contributed by atoms with Gasteiger partial charge in [-0.25, -0.2) is 8.42 Å². The van der Waals surface area contributed by atoms with E-state index in [0.717, 1.165) is 17.0 Å². The first kappa shape index (κ1) is 25.7. The zero-order valence-corrected chi connectivity index (χ0v) is 20.4. The zero-order chi connectivity index (χ0) is 23.9. The maximum Gasteiger partial charge on any atom is 0.244 e. The van der Waals surface area contributed by atoms with Gasteiger partial charge in [0.25, 0.3) is 0 Å². The number of benzene rings is 2. The van der Waals surface area contributed by atoms with Gasteiger partial charge in [0.2, 0.25) is 21.8 Å². The summed E-state index contributed by atoms with van der Waals surface area (Å²) in [5.74, 6) is -0.823. The first-order valence-electron chi connectivity index (χ1n) is 10.4. The van der Waals surface area contributed by atoms with Crippen LogP contribution in [-0.2, 0) is 26.2 Å². The summed E-state index contributed by atoms with van der Waals surface area (Å²) in [4.78, 5) is 27.6. The van der Waals surface area contributed by atoms with Gasteiger partial charge in [-0.1, -0.05) is 54.9 Å². The molecule has 0 saturated heterocycles. The number of hydrogen-bond acceptors (Lipinski definition) is 4. The van der Waals surface area contributed by atoms with E-state index in [1.165, 1.54) is 4.90 Å². The molecule has 0 saturated carbocycles. The number of anilines is 1.